The molecule has 0 aromatic carbocycles. The van der Waals surface area contributed by atoms with Crippen LogP contribution in [0.15, 0.2) is 18.7 Å². The molecule has 1 aromatic heterocycles. The van der Waals surface area contributed by atoms with Crippen molar-refractivity contribution < 1.29 is 4.74 Å². The first-order valence-electron chi connectivity index (χ1n) is 9.47. The van der Waals surface area contributed by atoms with Crippen molar-refractivity contribution in [2.24, 2.45) is 0 Å². The molecule has 3 heteroatoms. The number of imidazole rings is 1. The van der Waals surface area contributed by atoms with Crippen LogP contribution in [0.1, 0.15) is 84.0 Å². The van der Waals surface area contributed by atoms with E-state index >= 15 is 0 Å². The SMILES string of the molecule is CCCOCCCCCCCCCCCCCn1ccnc1. The highest BCUT2D eigenvalue weighted by Gasteiger charge is 1.95. The molecule has 3 nitrogen and oxygen atoms in total. The predicted octanol–water partition coefficient (Wildman–Crippen LogP) is 5.60. The third kappa shape index (κ3) is 11.8. The molecule has 0 unspecified atom stereocenters. The molecule has 0 bridgehead atoms. The molecule has 22 heavy (non-hydrogen) atoms. The monoisotopic (exact) mass is 308 g/mol. The average molecular weight is 309 g/mol. The minimum Gasteiger partial charge on any atom is -0.381 e. The number of aryl methyl sites for hydroxylation is 1. The van der Waals surface area contributed by atoms with Gasteiger partial charge in [0.15, 0.2) is 0 Å². The molecule has 1 rings (SSSR count). The lowest BCUT2D eigenvalue weighted by Gasteiger charge is -2.04. The zero-order valence-corrected chi connectivity index (χ0v) is 14.6. The van der Waals surface area contributed by atoms with Crippen molar-refractivity contribution in [1.29, 1.82) is 0 Å². The molecule has 0 N–H and O–H groups in total. The van der Waals surface area contributed by atoms with Crippen molar-refractivity contribution in [3.63, 3.8) is 0 Å². The maximum Gasteiger partial charge on any atom is 0.0945 e. The van der Waals surface area contributed by atoms with Crippen molar-refractivity contribution in [2.45, 2.75) is 90.5 Å². The number of aromatic nitrogens is 2. The van der Waals surface area contributed by atoms with E-state index in [4.69, 9.17) is 4.74 Å². The average Bonchev–Trinajstić information content (AvgIpc) is 3.04. The number of unbranched alkanes of at least 4 members (excludes halogenated alkanes) is 10. The van der Waals surface area contributed by atoms with E-state index in [9.17, 15) is 0 Å². The van der Waals surface area contributed by atoms with Gasteiger partial charge in [0.25, 0.3) is 0 Å². The normalized spacial score (nSPS) is 11.1. The van der Waals surface area contributed by atoms with Crippen molar-refractivity contribution in [2.75, 3.05) is 13.2 Å². The molecule has 0 fully saturated rings. The van der Waals surface area contributed by atoms with Gasteiger partial charge >= 0.3 is 0 Å². The lowest BCUT2D eigenvalue weighted by molar-refractivity contribution is 0.130. The number of ether oxygens (including phenoxy) is 1. The van der Waals surface area contributed by atoms with Crippen LogP contribution >= 0.6 is 0 Å². The number of hydrogen-bond acceptors (Lipinski definition) is 2. The largest absolute Gasteiger partial charge is 0.381 e. The van der Waals surface area contributed by atoms with Gasteiger partial charge in [0.05, 0.1) is 6.33 Å². The van der Waals surface area contributed by atoms with E-state index in [1.165, 1.54) is 70.6 Å². The van der Waals surface area contributed by atoms with Gasteiger partial charge in [0, 0.05) is 32.2 Å². The van der Waals surface area contributed by atoms with Gasteiger partial charge in [-0.1, -0.05) is 64.7 Å². The fourth-order valence-corrected chi connectivity index (χ4v) is 2.75. The van der Waals surface area contributed by atoms with E-state index < -0.39 is 0 Å². The summed E-state index contributed by atoms with van der Waals surface area (Å²) in [4.78, 5) is 4.07. The zero-order valence-electron chi connectivity index (χ0n) is 14.6. The third-order valence-electron chi connectivity index (χ3n) is 4.11. The lowest BCUT2D eigenvalue weighted by Crippen LogP contribution is -1.95. The highest BCUT2D eigenvalue weighted by atomic mass is 16.5. The fourth-order valence-electron chi connectivity index (χ4n) is 2.75. The quantitative estimate of drug-likeness (QED) is 0.372. The molecule has 0 aliphatic heterocycles. The van der Waals surface area contributed by atoms with Gasteiger partial charge in [-0.15, -0.1) is 0 Å². The van der Waals surface area contributed by atoms with Crippen LogP contribution in [0.5, 0.6) is 0 Å². The predicted molar refractivity (Wildman–Crippen MR) is 94.1 cm³/mol. The van der Waals surface area contributed by atoms with E-state index in [1.807, 2.05) is 12.5 Å². The first-order chi connectivity index (χ1) is 10.9. The number of nitrogens with zero attached hydrogens (tertiary/aromatic N) is 2. The summed E-state index contributed by atoms with van der Waals surface area (Å²) >= 11 is 0. The summed E-state index contributed by atoms with van der Waals surface area (Å²) in [5.74, 6) is 0. The molecule has 0 amide bonds. The molecule has 128 valence electrons. The lowest BCUT2D eigenvalue weighted by atomic mass is 10.1. The van der Waals surface area contributed by atoms with Gasteiger partial charge in [-0.25, -0.2) is 4.98 Å². The zero-order chi connectivity index (χ0) is 15.7. The minimum absolute atomic E-state index is 0.933. The molecule has 0 spiro atoms. The van der Waals surface area contributed by atoms with Crippen molar-refractivity contribution in [1.82, 2.24) is 9.55 Å². The molecule has 0 saturated carbocycles. The summed E-state index contributed by atoms with van der Waals surface area (Å²) in [7, 11) is 0. The Balaban J connectivity index is 1.68. The Morgan fingerprint density at radius 3 is 1.91 bits per heavy atom. The van der Waals surface area contributed by atoms with E-state index in [2.05, 4.69) is 22.7 Å². The van der Waals surface area contributed by atoms with Crippen molar-refractivity contribution >= 4 is 0 Å². The summed E-state index contributed by atoms with van der Waals surface area (Å²) in [6.45, 7) is 5.19. The van der Waals surface area contributed by atoms with E-state index in [-0.39, 0.29) is 0 Å². The fraction of sp³-hybridized carbons (Fsp3) is 0.842. The van der Waals surface area contributed by atoms with E-state index in [0.717, 1.165) is 26.2 Å². The molecule has 0 radical (unpaired) electrons. The summed E-state index contributed by atoms with van der Waals surface area (Å²) in [5, 5.41) is 0. The van der Waals surface area contributed by atoms with Gasteiger partial charge in [0.1, 0.15) is 0 Å². The summed E-state index contributed by atoms with van der Waals surface area (Å²) in [6.07, 6.45) is 22.1. The Labute approximate surface area is 137 Å². The van der Waals surface area contributed by atoms with Crippen LogP contribution in [0.25, 0.3) is 0 Å². The molecular weight excluding hydrogens is 272 g/mol. The third-order valence-corrected chi connectivity index (χ3v) is 4.11. The second-order valence-electron chi connectivity index (χ2n) is 6.30. The topological polar surface area (TPSA) is 27.1 Å². The second-order valence-corrected chi connectivity index (χ2v) is 6.30. The van der Waals surface area contributed by atoms with Crippen molar-refractivity contribution in [3.8, 4) is 0 Å². The summed E-state index contributed by atoms with van der Waals surface area (Å²) < 4.78 is 7.67. The minimum atomic E-state index is 0.933. The Morgan fingerprint density at radius 2 is 1.36 bits per heavy atom. The summed E-state index contributed by atoms with van der Waals surface area (Å²) in [5.41, 5.74) is 0. The Bertz CT molecular complexity index is 311. The van der Waals surface area contributed by atoms with Gasteiger partial charge in [-0.3, -0.25) is 0 Å². The van der Waals surface area contributed by atoms with Crippen LogP contribution in [0.4, 0.5) is 0 Å². The van der Waals surface area contributed by atoms with E-state index in [0.29, 0.717) is 0 Å². The van der Waals surface area contributed by atoms with Crippen LogP contribution in [0.2, 0.25) is 0 Å². The maximum atomic E-state index is 5.49. The maximum absolute atomic E-state index is 5.49. The smallest absolute Gasteiger partial charge is 0.0945 e. The number of hydrogen-bond donors (Lipinski definition) is 0. The molecule has 0 saturated heterocycles. The molecule has 0 aliphatic rings. The van der Waals surface area contributed by atoms with Crippen LogP contribution in [-0.4, -0.2) is 22.8 Å². The first kappa shape index (κ1) is 19.2. The van der Waals surface area contributed by atoms with Gasteiger partial charge in [-0.2, -0.15) is 0 Å². The first-order valence-corrected chi connectivity index (χ1v) is 9.47. The molecule has 0 aliphatic carbocycles. The highest BCUT2D eigenvalue weighted by Crippen LogP contribution is 2.11. The van der Waals surface area contributed by atoms with Crippen LogP contribution in [0.3, 0.4) is 0 Å². The molecule has 0 atom stereocenters. The molecular formula is C19H36N2O. The molecule has 1 heterocycles. The summed E-state index contributed by atoms with van der Waals surface area (Å²) in [6, 6.07) is 0. The van der Waals surface area contributed by atoms with Crippen LogP contribution in [-0.2, 0) is 11.3 Å². The Hall–Kier alpha value is -0.830. The van der Waals surface area contributed by atoms with Crippen LogP contribution in [0, 0.1) is 0 Å². The van der Waals surface area contributed by atoms with Gasteiger partial charge < -0.3 is 9.30 Å². The van der Waals surface area contributed by atoms with Gasteiger partial charge in [0.2, 0.25) is 0 Å². The second kappa shape index (κ2) is 15.1. The van der Waals surface area contributed by atoms with Gasteiger partial charge in [-0.05, 0) is 19.3 Å². The standard InChI is InChI=1S/C19H36N2O/c1-2-17-22-18-13-11-9-7-5-3-4-6-8-10-12-15-21-16-14-20-19-21/h14,16,19H,2-13,15,17-18H2,1H3. The molecule has 1 aromatic rings. The Morgan fingerprint density at radius 1 is 0.773 bits per heavy atom. The highest BCUT2D eigenvalue weighted by molar-refractivity contribution is 4.73. The van der Waals surface area contributed by atoms with E-state index in [1.54, 1.807) is 0 Å². The van der Waals surface area contributed by atoms with Crippen LogP contribution < -0.4 is 0 Å². The Kier molecular flexibility index (Phi) is 13.2. The van der Waals surface area contributed by atoms with Crippen molar-refractivity contribution in [3.05, 3.63) is 18.7 Å². The number of rotatable bonds is 16.